The van der Waals surface area contributed by atoms with Crippen molar-refractivity contribution in [2.45, 2.75) is 24.7 Å². The summed E-state index contributed by atoms with van der Waals surface area (Å²) in [6.45, 7) is 1.30. The van der Waals surface area contributed by atoms with Crippen molar-refractivity contribution in [3.8, 4) is 5.75 Å². The van der Waals surface area contributed by atoms with E-state index < -0.39 is 11.9 Å². The fourth-order valence-electron chi connectivity index (χ4n) is 3.85. The summed E-state index contributed by atoms with van der Waals surface area (Å²) in [4.78, 5) is 23.6. The molecule has 3 fully saturated rings. The van der Waals surface area contributed by atoms with Crippen LogP contribution in [-0.2, 0) is 11.0 Å². The summed E-state index contributed by atoms with van der Waals surface area (Å²) in [5, 5.41) is 2.85. The van der Waals surface area contributed by atoms with Gasteiger partial charge >= 0.3 is 6.18 Å². The normalized spacial score (nSPS) is 21.4. The molecule has 0 aliphatic carbocycles. The number of fused-ring (bicyclic) bond motifs is 2. The number of methoxy groups -OCH3 is 1. The second kappa shape index (κ2) is 7.51. The Labute approximate surface area is 165 Å². The Morgan fingerprint density at radius 2 is 1.90 bits per heavy atom. The molecule has 2 atom stereocenters. The van der Waals surface area contributed by atoms with Gasteiger partial charge in [-0.1, -0.05) is 0 Å². The molecule has 1 N–H and O–H groups in total. The minimum absolute atomic E-state index is 0.111. The molecule has 0 saturated carbocycles. The van der Waals surface area contributed by atoms with Crippen LogP contribution in [0.1, 0.15) is 12.1 Å². The molecule has 2 unspecified atom stereocenters. The van der Waals surface area contributed by atoms with Gasteiger partial charge < -0.3 is 15.0 Å². The minimum atomic E-state index is -4.50. The molecule has 1 aromatic heterocycles. The number of ether oxygens (including phenoxy) is 1. The van der Waals surface area contributed by atoms with E-state index in [0.717, 1.165) is 18.8 Å². The molecule has 0 spiro atoms. The van der Waals surface area contributed by atoms with Crippen LogP contribution in [0.3, 0.4) is 0 Å². The third-order valence-corrected chi connectivity index (χ3v) is 5.31. The number of piperazine rings is 1. The summed E-state index contributed by atoms with van der Waals surface area (Å²) in [7, 11) is 1.57. The predicted molar refractivity (Wildman–Crippen MR) is 99.8 cm³/mol. The number of hydrogen-bond acceptors (Lipinski definition) is 6. The van der Waals surface area contributed by atoms with Gasteiger partial charge in [0.25, 0.3) is 0 Å². The van der Waals surface area contributed by atoms with Gasteiger partial charge in [0.05, 0.1) is 13.7 Å². The summed E-state index contributed by atoms with van der Waals surface area (Å²) in [5.74, 6) is 0.850. The number of amides is 1. The summed E-state index contributed by atoms with van der Waals surface area (Å²) in [6.07, 6.45) is -2.63. The number of anilines is 2. The summed E-state index contributed by atoms with van der Waals surface area (Å²) < 4.78 is 43.7. The van der Waals surface area contributed by atoms with Crippen LogP contribution >= 0.6 is 0 Å². The van der Waals surface area contributed by atoms with Gasteiger partial charge in [-0.25, -0.2) is 9.97 Å². The average molecular weight is 407 g/mol. The van der Waals surface area contributed by atoms with E-state index in [2.05, 4.69) is 20.2 Å². The van der Waals surface area contributed by atoms with E-state index in [-0.39, 0.29) is 30.4 Å². The van der Waals surface area contributed by atoms with Crippen LogP contribution in [0.2, 0.25) is 0 Å². The number of aromatic nitrogens is 2. The Morgan fingerprint density at radius 3 is 2.52 bits per heavy atom. The molecular weight excluding hydrogens is 387 g/mol. The van der Waals surface area contributed by atoms with Gasteiger partial charge in [-0.15, -0.1) is 0 Å². The topological polar surface area (TPSA) is 70.6 Å². The quantitative estimate of drug-likeness (QED) is 0.821. The van der Waals surface area contributed by atoms with Crippen LogP contribution < -0.4 is 15.0 Å². The minimum Gasteiger partial charge on any atom is -0.497 e. The molecule has 154 valence electrons. The highest BCUT2D eigenvalue weighted by Gasteiger charge is 2.45. The molecular formula is C19H20F3N5O2. The molecule has 2 aromatic rings. The molecule has 1 amide bonds. The van der Waals surface area contributed by atoms with Crippen molar-refractivity contribution in [2.75, 3.05) is 37.0 Å². The number of carbonyl (C=O) groups is 1. The highest BCUT2D eigenvalue weighted by molar-refractivity contribution is 5.92. The van der Waals surface area contributed by atoms with Gasteiger partial charge in [0.1, 0.15) is 23.6 Å². The molecule has 1 aromatic carbocycles. The van der Waals surface area contributed by atoms with Crippen LogP contribution in [0.25, 0.3) is 0 Å². The number of hydrogen-bond donors (Lipinski definition) is 1. The molecule has 3 saturated heterocycles. The van der Waals surface area contributed by atoms with E-state index in [9.17, 15) is 18.0 Å². The van der Waals surface area contributed by atoms with Crippen molar-refractivity contribution in [3.05, 3.63) is 42.4 Å². The van der Waals surface area contributed by atoms with Gasteiger partial charge in [-0.2, -0.15) is 13.2 Å². The maximum atomic E-state index is 12.9. The molecule has 4 heterocycles. The first-order valence-corrected chi connectivity index (χ1v) is 9.17. The highest BCUT2D eigenvalue weighted by Crippen LogP contribution is 2.35. The fraction of sp³-hybridized carbons (Fsp3) is 0.421. The van der Waals surface area contributed by atoms with Crippen LogP contribution in [0.4, 0.5) is 24.7 Å². The van der Waals surface area contributed by atoms with E-state index in [1.807, 2.05) is 4.90 Å². The van der Waals surface area contributed by atoms with Gasteiger partial charge in [0.15, 0.2) is 0 Å². The Bertz CT molecular complexity index is 878. The molecule has 3 aliphatic heterocycles. The molecule has 10 heteroatoms. The van der Waals surface area contributed by atoms with Gasteiger partial charge in [-0.3, -0.25) is 9.69 Å². The number of alkyl halides is 3. The maximum absolute atomic E-state index is 12.9. The smallest absolute Gasteiger partial charge is 0.433 e. The first-order valence-electron chi connectivity index (χ1n) is 9.17. The SMILES string of the molecule is COc1ccc(NC(=O)CN2C3CC2CN(c2cc(C(F)(F)F)ncn2)C3)cc1. The zero-order valence-corrected chi connectivity index (χ0v) is 15.7. The van der Waals surface area contributed by atoms with Crippen LogP contribution in [0.5, 0.6) is 5.75 Å². The van der Waals surface area contributed by atoms with Crippen molar-refractivity contribution in [2.24, 2.45) is 0 Å². The number of halogens is 3. The van der Waals surface area contributed by atoms with E-state index in [1.54, 1.807) is 31.4 Å². The van der Waals surface area contributed by atoms with Crippen LogP contribution in [0, 0.1) is 0 Å². The summed E-state index contributed by atoms with van der Waals surface area (Å²) in [5.41, 5.74) is -0.263. The predicted octanol–water partition coefficient (Wildman–Crippen LogP) is 2.41. The largest absolute Gasteiger partial charge is 0.497 e. The van der Waals surface area contributed by atoms with Gasteiger partial charge in [0.2, 0.25) is 5.91 Å². The van der Waals surface area contributed by atoms with E-state index in [0.29, 0.717) is 24.5 Å². The third kappa shape index (κ3) is 4.12. The lowest BCUT2D eigenvalue weighted by atomic mass is 9.87. The Balaban J connectivity index is 1.34. The van der Waals surface area contributed by atoms with Crippen LogP contribution in [0.15, 0.2) is 36.7 Å². The van der Waals surface area contributed by atoms with Crippen molar-refractivity contribution in [1.82, 2.24) is 14.9 Å². The lowest BCUT2D eigenvalue weighted by molar-refractivity contribution is -0.141. The van der Waals surface area contributed by atoms with Crippen molar-refractivity contribution >= 4 is 17.4 Å². The van der Waals surface area contributed by atoms with Crippen molar-refractivity contribution in [1.29, 1.82) is 0 Å². The van der Waals surface area contributed by atoms with Crippen molar-refractivity contribution in [3.63, 3.8) is 0 Å². The molecule has 7 nitrogen and oxygen atoms in total. The number of nitrogens with one attached hydrogen (secondary N) is 1. The molecule has 5 rings (SSSR count). The Kier molecular flexibility index (Phi) is 5.03. The Hall–Kier alpha value is -2.88. The lowest BCUT2D eigenvalue weighted by Gasteiger charge is -2.56. The highest BCUT2D eigenvalue weighted by atomic mass is 19.4. The first kappa shape index (κ1) is 19.4. The molecule has 3 aliphatic rings. The van der Waals surface area contributed by atoms with E-state index >= 15 is 0 Å². The average Bonchev–Trinajstić information content (AvgIpc) is 2.72. The van der Waals surface area contributed by atoms with E-state index in [1.165, 1.54) is 0 Å². The maximum Gasteiger partial charge on any atom is 0.433 e. The molecule has 2 bridgehead atoms. The Morgan fingerprint density at radius 1 is 1.21 bits per heavy atom. The van der Waals surface area contributed by atoms with Crippen LogP contribution in [-0.4, -0.2) is 59.6 Å². The standard InChI is InChI=1S/C19H20F3N5O2/c1-29-15-4-2-12(3-5-15)25-18(28)10-27-13-6-14(27)9-26(8-13)17-7-16(19(20,21)22)23-11-24-17/h2-5,7,11,13-14H,6,8-10H2,1H3,(H,25,28). The summed E-state index contributed by atoms with van der Waals surface area (Å²) in [6, 6.07) is 8.27. The number of carbonyl (C=O) groups excluding carboxylic acids is 1. The third-order valence-electron chi connectivity index (χ3n) is 5.31. The zero-order valence-electron chi connectivity index (χ0n) is 15.7. The summed E-state index contributed by atoms with van der Waals surface area (Å²) >= 11 is 0. The first-order chi connectivity index (χ1) is 13.8. The molecule has 0 radical (unpaired) electrons. The van der Waals surface area contributed by atoms with Crippen molar-refractivity contribution < 1.29 is 22.7 Å². The number of nitrogens with zero attached hydrogens (tertiary/aromatic N) is 4. The molecule has 29 heavy (non-hydrogen) atoms. The fourth-order valence-corrected chi connectivity index (χ4v) is 3.85. The second-order valence-corrected chi connectivity index (χ2v) is 7.16. The van der Waals surface area contributed by atoms with Gasteiger partial charge in [-0.05, 0) is 30.7 Å². The van der Waals surface area contributed by atoms with E-state index in [4.69, 9.17) is 4.74 Å². The van der Waals surface area contributed by atoms with Gasteiger partial charge in [0, 0.05) is 36.9 Å². The second-order valence-electron chi connectivity index (χ2n) is 7.16. The number of piperidine rings is 1. The number of benzene rings is 1. The lowest BCUT2D eigenvalue weighted by Crippen LogP contribution is -2.69. The number of rotatable bonds is 5. The zero-order chi connectivity index (χ0) is 20.6. The monoisotopic (exact) mass is 407 g/mol.